The van der Waals surface area contributed by atoms with Crippen LogP contribution in [0.5, 0.6) is 0 Å². The lowest BCUT2D eigenvalue weighted by molar-refractivity contribution is -0.156. The molecule has 0 fully saturated rings. The van der Waals surface area contributed by atoms with Crippen molar-refractivity contribution in [1.29, 1.82) is 0 Å². The summed E-state index contributed by atoms with van der Waals surface area (Å²) in [5.41, 5.74) is 2.31. The molecule has 1 aliphatic rings. The number of hydrogen-bond donors (Lipinski definition) is 2. The average Bonchev–Trinajstić information content (AvgIpc) is 2.92. The first-order valence-corrected chi connectivity index (χ1v) is 9.05. The minimum atomic E-state index is -0.550. The van der Waals surface area contributed by atoms with Crippen LogP contribution >= 0.6 is 0 Å². The normalized spacial score (nSPS) is 18.5. The van der Waals surface area contributed by atoms with Crippen LogP contribution in [-0.4, -0.2) is 22.6 Å². The van der Waals surface area contributed by atoms with Crippen LogP contribution in [0, 0.1) is 6.92 Å². The van der Waals surface area contributed by atoms with E-state index in [0.717, 1.165) is 16.7 Å². The Labute approximate surface area is 159 Å². The Morgan fingerprint density at radius 3 is 2.52 bits per heavy atom. The number of amides is 2. The molecule has 2 N–H and O–H groups in total. The molecule has 0 saturated heterocycles. The molecule has 6 heteroatoms. The first-order chi connectivity index (χ1) is 12.7. The van der Waals surface area contributed by atoms with E-state index in [2.05, 4.69) is 15.6 Å². The molecule has 27 heavy (non-hydrogen) atoms. The number of hydrogen-bond acceptors (Lipinski definition) is 4. The van der Waals surface area contributed by atoms with Crippen molar-refractivity contribution in [2.45, 2.75) is 51.7 Å². The van der Waals surface area contributed by atoms with Gasteiger partial charge in [-0.3, -0.25) is 10.1 Å². The van der Waals surface area contributed by atoms with Crippen LogP contribution in [0.1, 0.15) is 55.8 Å². The molecule has 0 spiro atoms. The maximum atomic E-state index is 12.6. The summed E-state index contributed by atoms with van der Waals surface area (Å²) in [7, 11) is 0. The lowest BCUT2D eigenvalue weighted by atomic mass is 10.0. The number of esters is 1. The largest absolute Gasteiger partial charge is 0.459 e. The number of aromatic nitrogens is 1. The van der Waals surface area contributed by atoms with Crippen LogP contribution in [-0.2, 0) is 9.53 Å². The van der Waals surface area contributed by atoms with Crippen molar-refractivity contribution in [1.82, 2.24) is 10.3 Å². The maximum absolute atomic E-state index is 12.6. The Balaban J connectivity index is 1.73. The van der Waals surface area contributed by atoms with E-state index in [-0.39, 0.29) is 24.0 Å². The van der Waals surface area contributed by atoms with Crippen LogP contribution in [0.25, 0.3) is 0 Å². The molecule has 1 aliphatic carbocycles. The molecule has 142 valence electrons. The summed E-state index contributed by atoms with van der Waals surface area (Å²) in [6, 6.07) is 10.7. The van der Waals surface area contributed by atoms with E-state index < -0.39 is 5.60 Å². The minimum Gasteiger partial charge on any atom is -0.459 e. The molecule has 0 radical (unpaired) electrons. The van der Waals surface area contributed by atoms with Gasteiger partial charge in [-0.25, -0.2) is 9.78 Å². The highest BCUT2D eigenvalue weighted by atomic mass is 16.6. The number of nitrogens with zero attached hydrogens (tertiary/aromatic N) is 1. The number of nitrogens with one attached hydrogen (secondary N) is 2. The monoisotopic (exact) mass is 367 g/mol. The Morgan fingerprint density at radius 1 is 1.15 bits per heavy atom. The summed E-state index contributed by atoms with van der Waals surface area (Å²) in [5, 5.41) is 5.70. The molecule has 2 unspecified atom stereocenters. The van der Waals surface area contributed by atoms with E-state index in [1.165, 1.54) is 0 Å². The molecule has 0 bridgehead atoms. The number of pyridine rings is 1. The molecule has 1 aromatic heterocycles. The standard InChI is InChI=1S/C21H25N3O3/c1-13-9-10-22-18(11-13)24-20(26)23-17-12-16(19(25)27-21(2,3)4)14-7-5-6-8-15(14)17/h5-11,16-17H,12H2,1-4H3,(H2,22,23,24,26). The fourth-order valence-electron chi connectivity index (χ4n) is 3.28. The van der Waals surface area contributed by atoms with Gasteiger partial charge in [-0.1, -0.05) is 24.3 Å². The second-order valence-electron chi connectivity index (χ2n) is 7.82. The van der Waals surface area contributed by atoms with Crippen molar-refractivity contribution < 1.29 is 14.3 Å². The Morgan fingerprint density at radius 2 is 1.85 bits per heavy atom. The van der Waals surface area contributed by atoms with E-state index in [1.807, 2.05) is 58.0 Å². The van der Waals surface area contributed by atoms with Crippen molar-refractivity contribution in [3.63, 3.8) is 0 Å². The number of fused-ring (bicyclic) bond motifs is 1. The van der Waals surface area contributed by atoms with Gasteiger partial charge in [-0.2, -0.15) is 0 Å². The van der Waals surface area contributed by atoms with Crippen molar-refractivity contribution in [2.75, 3.05) is 5.32 Å². The molecule has 2 atom stereocenters. The number of ether oxygens (including phenoxy) is 1. The number of carbonyl (C=O) groups excluding carboxylic acids is 2. The van der Waals surface area contributed by atoms with E-state index in [1.54, 1.807) is 12.3 Å². The van der Waals surface area contributed by atoms with Gasteiger partial charge in [0.1, 0.15) is 11.4 Å². The van der Waals surface area contributed by atoms with E-state index >= 15 is 0 Å². The zero-order chi connectivity index (χ0) is 19.6. The van der Waals surface area contributed by atoms with Crippen LogP contribution in [0.15, 0.2) is 42.6 Å². The van der Waals surface area contributed by atoms with Crippen molar-refractivity contribution in [3.8, 4) is 0 Å². The third kappa shape index (κ3) is 4.64. The van der Waals surface area contributed by atoms with Crippen molar-refractivity contribution in [3.05, 3.63) is 59.3 Å². The summed E-state index contributed by atoms with van der Waals surface area (Å²) in [4.78, 5) is 29.2. The van der Waals surface area contributed by atoms with Crippen LogP contribution in [0.2, 0.25) is 0 Å². The molecule has 2 aromatic rings. The fourth-order valence-corrected chi connectivity index (χ4v) is 3.28. The smallest absolute Gasteiger partial charge is 0.320 e. The summed E-state index contributed by atoms with van der Waals surface area (Å²) in [6.45, 7) is 7.49. The van der Waals surface area contributed by atoms with Gasteiger partial charge in [-0.05, 0) is 62.9 Å². The maximum Gasteiger partial charge on any atom is 0.320 e. The number of carbonyl (C=O) groups is 2. The average molecular weight is 367 g/mol. The van der Waals surface area contributed by atoms with Crippen LogP contribution in [0.4, 0.5) is 10.6 Å². The van der Waals surface area contributed by atoms with Gasteiger partial charge in [0, 0.05) is 6.20 Å². The van der Waals surface area contributed by atoms with E-state index in [4.69, 9.17) is 4.74 Å². The molecule has 2 amide bonds. The lowest BCUT2D eigenvalue weighted by Gasteiger charge is -2.22. The summed E-state index contributed by atoms with van der Waals surface area (Å²) in [6.07, 6.45) is 2.12. The summed E-state index contributed by atoms with van der Waals surface area (Å²) in [5.74, 6) is -0.162. The van der Waals surface area contributed by atoms with Crippen LogP contribution in [0.3, 0.4) is 0 Å². The second-order valence-corrected chi connectivity index (χ2v) is 7.82. The minimum absolute atomic E-state index is 0.261. The SMILES string of the molecule is Cc1ccnc(NC(=O)NC2CC(C(=O)OC(C)(C)C)c3ccccc32)c1. The molecular formula is C21H25N3O3. The number of rotatable bonds is 3. The Kier molecular flexibility index (Phi) is 5.17. The highest BCUT2D eigenvalue weighted by Gasteiger charge is 2.38. The number of urea groups is 1. The topological polar surface area (TPSA) is 80.3 Å². The van der Waals surface area contributed by atoms with Gasteiger partial charge in [0.05, 0.1) is 12.0 Å². The third-order valence-electron chi connectivity index (χ3n) is 4.37. The summed E-state index contributed by atoms with van der Waals surface area (Å²) >= 11 is 0. The molecule has 6 nitrogen and oxygen atoms in total. The van der Waals surface area contributed by atoms with Crippen molar-refractivity contribution in [2.24, 2.45) is 0 Å². The molecule has 1 heterocycles. The fraction of sp³-hybridized carbons (Fsp3) is 0.381. The predicted molar refractivity (Wildman–Crippen MR) is 104 cm³/mol. The van der Waals surface area contributed by atoms with E-state index in [9.17, 15) is 9.59 Å². The quantitative estimate of drug-likeness (QED) is 0.801. The van der Waals surface area contributed by atoms with Crippen molar-refractivity contribution >= 4 is 17.8 Å². The van der Waals surface area contributed by atoms with Crippen LogP contribution < -0.4 is 10.6 Å². The molecular weight excluding hydrogens is 342 g/mol. The highest BCUT2D eigenvalue weighted by molar-refractivity contribution is 5.89. The van der Waals surface area contributed by atoms with Gasteiger partial charge >= 0.3 is 12.0 Å². The molecule has 1 aromatic carbocycles. The predicted octanol–water partition coefficient (Wildman–Crippen LogP) is 4.08. The lowest BCUT2D eigenvalue weighted by Crippen LogP contribution is -2.32. The van der Waals surface area contributed by atoms with Gasteiger partial charge in [0.25, 0.3) is 0 Å². The van der Waals surface area contributed by atoms with Gasteiger partial charge < -0.3 is 10.1 Å². The first kappa shape index (κ1) is 18.9. The van der Waals surface area contributed by atoms with Gasteiger partial charge in [0.15, 0.2) is 0 Å². The van der Waals surface area contributed by atoms with Gasteiger partial charge in [-0.15, -0.1) is 0 Å². The molecule has 0 aliphatic heterocycles. The summed E-state index contributed by atoms with van der Waals surface area (Å²) < 4.78 is 5.56. The zero-order valence-corrected chi connectivity index (χ0v) is 16.1. The number of aryl methyl sites for hydroxylation is 1. The number of anilines is 1. The third-order valence-corrected chi connectivity index (χ3v) is 4.37. The molecule has 0 saturated carbocycles. The Bertz CT molecular complexity index is 858. The Hall–Kier alpha value is -2.89. The molecule has 3 rings (SSSR count). The second kappa shape index (κ2) is 7.39. The highest BCUT2D eigenvalue weighted by Crippen LogP contribution is 2.41. The number of benzene rings is 1. The first-order valence-electron chi connectivity index (χ1n) is 9.05. The van der Waals surface area contributed by atoms with Gasteiger partial charge in [0.2, 0.25) is 0 Å². The zero-order valence-electron chi connectivity index (χ0n) is 16.1. The van der Waals surface area contributed by atoms with E-state index in [0.29, 0.717) is 12.2 Å².